The van der Waals surface area contributed by atoms with Gasteiger partial charge in [-0.3, -0.25) is 14.5 Å². The molecule has 2 fully saturated rings. The van der Waals surface area contributed by atoms with E-state index in [4.69, 9.17) is 4.74 Å². The van der Waals surface area contributed by atoms with Crippen molar-refractivity contribution in [1.82, 2.24) is 15.1 Å². The van der Waals surface area contributed by atoms with E-state index in [0.717, 1.165) is 44.3 Å². The molecule has 0 saturated carbocycles. The molecule has 0 aromatic heterocycles. The van der Waals surface area contributed by atoms with Gasteiger partial charge in [0.1, 0.15) is 17.7 Å². The molecule has 8 heteroatoms. The van der Waals surface area contributed by atoms with E-state index in [1.165, 1.54) is 5.56 Å². The van der Waals surface area contributed by atoms with Crippen LogP contribution >= 0.6 is 0 Å². The molecule has 1 aromatic rings. The molecule has 0 aliphatic carbocycles. The van der Waals surface area contributed by atoms with E-state index >= 15 is 0 Å². The van der Waals surface area contributed by atoms with Crippen molar-refractivity contribution < 1.29 is 19.1 Å². The maximum absolute atomic E-state index is 13.4. The Labute approximate surface area is 234 Å². The summed E-state index contributed by atoms with van der Waals surface area (Å²) in [4.78, 5) is 42.2. The second kappa shape index (κ2) is 12.8. The van der Waals surface area contributed by atoms with Crippen molar-refractivity contribution in [2.24, 2.45) is 11.8 Å². The summed E-state index contributed by atoms with van der Waals surface area (Å²) in [6.45, 7) is 14.8. The van der Waals surface area contributed by atoms with Crippen LogP contribution in [0.25, 0.3) is 0 Å². The molecule has 2 aliphatic rings. The van der Waals surface area contributed by atoms with Crippen molar-refractivity contribution in [1.29, 1.82) is 5.26 Å². The summed E-state index contributed by atoms with van der Waals surface area (Å²) in [5, 5.41) is 12.7. The first-order valence-corrected chi connectivity index (χ1v) is 14.4. The molecule has 0 spiro atoms. The van der Waals surface area contributed by atoms with Crippen molar-refractivity contribution in [2.75, 3.05) is 13.1 Å². The number of nitrogens with one attached hydrogen (secondary N) is 1. The first kappa shape index (κ1) is 30.5. The van der Waals surface area contributed by atoms with Gasteiger partial charge in [0.05, 0.1) is 6.07 Å². The quantitative estimate of drug-likeness (QED) is 0.548. The highest BCUT2D eigenvalue weighted by Gasteiger charge is 2.43. The van der Waals surface area contributed by atoms with Crippen LogP contribution in [-0.4, -0.2) is 64.5 Å². The molecule has 0 unspecified atom stereocenters. The second-order valence-electron chi connectivity index (χ2n) is 12.6. The van der Waals surface area contributed by atoms with E-state index in [1.54, 1.807) is 4.90 Å². The second-order valence-corrected chi connectivity index (χ2v) is 12.6. The van der Waals surface area contributed by atoms with Crippen molar-refractivity contribution in [3.8, 4) is 6.07 Å². The van der Waals surface area contributed by atoms with Crippen LogP contribution < -0.4 is 5.32 Å². The van der Waals surface area contributed by atoms with Gasteiger partial charge in [-0.1, -0.05) is 45.0 Å². The normalized spacial score (nSPS) is 23.2. The lowest BCUT2D eigenvalue weighted by Crippen LogP contribution is -2.60. The third-order valence-corrected chi connectivity index (χ3v) is 7.89. The minimum absolute atomic E-state index is 0.0273. The Morgan fingerprint density at radius 1 is 1.05 bits per heavy atom. The number of hydrogen-bond donors (Lipinski definition) is 1. The molecule has 1 N–H and O–H groups in total. The predicted molar refractivity (Wildman–Crippen MR) is 151 cm³/mol. The van der Waals surface area contributed by atoms with Crippen LogP contribution in [0.4, 0.5) is 4.79 Å². The van der Waals surface area contributed by atoms with Crippen molar-refractivity contribution in [2.45, 2.75) is 110 Å². The molecule has 39 heavy (non-hydrogen) atoms. The summed E-state index contributed by atoms with van der Waals surface area (Å²) in [6.07, 6.45) is 3.40. The monoisotopic (exact) mass is 538 g/mol. The number of carbonyl (C=O) groups excluding carboxylic acids is 3. The topological polar surface area (TPSA) is 103 Å². The van der Waals surface area contributed by atoms with Crippen LogP contribution in [0.1, 0.15) is 91.2 Å². The van der Waals surface area contributed by atoms with Crippen LogP contribution in [-0.2, 0) is 20.7 Å². The summed E-state index contributed by atoms with van der Waals surface area (Å²) in [7, 11) is 0. The van der Waals surface area contributed by atoms with Crippen molar-refractivity contribution in [3.05, 3.63) is 35.4 Å². The number of piperidine rings is 2. The summed E-state index contributed by atoms with van der Waals surface area (Å²) in [5.41, 5.74) is 1.54. The number of rotatable bonds is 6. The number of hydrogen-bond acceptors (Lipinski definition) is 5. The lowest BCUT2D eigenvalue weighted by Gasteiger charge is -2.43. The molecule has 0 radical (unpaired) electrons. The molecule has 8 nitrogen and oxygen atoms in total. The Bertz CT molecular complexity index is 1050. The summed E-state index contributed by atoms with van der Waals surface area (Å²) in [6, 6.07) is 8.96. The fourth-order valence-corrected chi connectivity index (χ4v) is 5.69. The minimum Gasteiger partial charge on any atom is -0.444 e. The molecule has 2 aliphatic heterocycles. The van der Waals surface area contributed by atoms with E-state index in [0.29, 0.717) is 12.3 Å². The predicted octanol–water partition coefficient (Wildman–Crippen LogP) is 5.02. The van der Waals surface area contributed by atoms with Crippen LogP contribution in [0, 0.1) is 23.2 Å². The van der Waals surface area contributed by atoms with Gasteiger partial charge in [0, 0.05) is 31.5 Å². The fourth-order valence-electron chi connectivity index (χ4n) is 5.69. The smallest absolute Gasteiger partial charge is 0.411 e. The van der Waals surface area contributed by atoms with Gasteiger partial charge in [0.2, 0.25) is 11.8 Å². The Balaban J connectivity index is 1.62. The number of ether oxygens (including phenoxy) is 1. The molecule has 1 aromatic carbocycles. The number of carbonyl (C=O) groups is 3. The van der Waals surface area contributed by atoms with Gasteiger partial charge in [0.15, 0.2) is 0 Å². The summed E-state index contributed by atoms with van der Waals surface area (Å²) in [5.74, 6) is 0.301. The van der Waals surface area contributed by atoms with Crippen LogP contribution in [0.5, 0.6) is 0 Å². The number of likely N-dealkylation sites (tertiary alicyclic amines) is 2. The maximum Gasteiger partial charge on any atom is 0.411 e. The van der Waals surface area contributed by atoms with Gasteiger partial charge in [-0.25, -0.2) is 4.79 Å². The Morgan fingerprint density at radius 2 is 1.67 bits per heavy atom. The highest BCUT2D eigenvalue weighted by molar-refractivity contribution is 5.87. The van der Waals surface area contributed by atoms with Crippen molar-refractivity contribution >= 4 is 17.9 Å². The van der Waals surface area contributed by atoms with Crippen molar-refractivity contribution in [3.63, 3.8) is 0 Å². The van der Waals surface area contributed by atoms with Gasteiger partial charge in [0.25, 0.3) is 0 Å². The molecular formula is C31H46N4O4. The van der Waals surface area contributed by atoms with E-state index < -0.39 is 23.8 Å². The summed E-state index contributed by atoms with van der Waals surface area (Å²) >= 11 is 0. The van der Waals surface area contributed by atoms with E-state index in [2.05, 4.69) is 23.5 Å². The standard InChI is InChI=1S/C31H46N4O4/c1-20(2)29(37)34-16-14-25(15-17-34)24-12-10-23(11-13-24)18-26(19-32)33-28(36)27-21(3)8-9-22(4)35(27)30(38)39-31(5,6)7/h10-13,20-22,25-27H,8-9,14-18H2,1-7H3,(H,33,36)/t21-,22+,26+,27+/m1/s1. The number of benzene rings is 1. The highest BCUT2D eigenvalue weighted by Crippen LogP contribution is 2.31. The zero-order valence-electron chi connectivity index (χ0n) is 24.7. The average molecular weight is 539 g/mol. The van der Waals surface area contributed by atoms with E-state index in [-0.39, 0.29) is 29.7 Å². The summed E-state index contributed by atoms with van der Waals surface area (Å²) < 4.78 is 5.62. The molecule has 3 rings (SSSR count). The lowest BCUT2D eigenvalue weighted by atomic mass is 9.86. The Morgan fingerprint density at radius 3 is 2.21 bits per heavy atom. The Hall–Kier alpha value is -3.08. The zero-order valence-corrected chi connectivity index (χ0v) is 24.7. The SMILES string of the molecule is CC(C)C(=O)N1CCC(c2ccc(C[C@@H](C#N)NC(=O)[C@@H]3[C@H](C)CC[C@H](C)N3C(=O)OC(C)(C)C)cc2)CC1. The molecule has 2 saturated heterocycles. The molecule has 214 valence electrons. The largest absolute Gasteiger partial charge is 0.444 e. The molecule has 3 amide bonds. The number of nitrogens with zero attached hydrogens (tertiary/aromatic N) is 3. The first-order valence-electron chi connectivity index (χ1n) is 14.4. The van der Waals surface area contributed by atoms with Crippen LogP contribution in [0.15, 0.2) is 24.3 Å². The van der Waals surface area contributed by atoms with Gasteiger partial charge < -0.3 is 15.0 Å². The third kappa shape index (κ3) is 7.97. The van der Waals surface area contributed by atoms with E-state index in [1.807, 2.05) is 65.5 Å². The zero-order chi connectivity index (χ0) is 28.9. The first-order chi connectivity index (χ1) is 18.3. The third-order valence-electron chi connectivity index (χ3n) is 7.89. The molecule has 0 bridgehead atoms. The van der Waals surface area contributed by atoms with Gasteiger partial charge in [-0.15, -0.1) is 0 Å². The number of nitriles is 1. The van der Waals surface area contributed by atoms with Gasteiger partial charge in [-0.2, -0.15) is 5.26 Å². The maximum atomic E-state index is 13.4. The average Bonchev–Trinajstić information content (AvgIpc) is 2.88. The molecule has 4 atom stereocenters. The fraction of sp³-hybridized carbons (Fsp3) is 0.677. The van der Waals surface area contributed by atoms with Gasteiger partial charge >= 0.3 is 6.09 Å². The van der Waals surface area contributed by atoms with Gasteiger partial charge in [-0.05, 0) is 76.3 Å². The highest BCUT2D eigenvalue weighted by atomic mass is 16.6. The Kier molecular flexibility index (Phi) is 10.0. The minimum atomic E-state index is -0.710. The molecule has 2 heterocycles. The number of amides is 3. The molecular weight excluding hydrogens is 492 g/mol. The van der Waals surface area contributed by atoms with E-state index in [9.17, 15) is 19.6 Å². The van der Waals surface area contributed by atoms with Crippen LogP contribution in [0.3, 0.4) is 0 Å². The lowest BCUT2D eigenvalue weighted by molar-refractivity contribution is -0.135. The van der Waals surface area contributed by atoms with Crippen LogP contribution in [0.2, 0.25) is 0 Å².